The molecular weight excluding hydrogens is 326 g/mol. The van der Waals surface area contributed by atoms with Gasteiger partial charge < -0.3 is 14.4 Å². The van der Waals surface area contributed by atoms with Gasteiger partial charge in [0.2, 0.25) is 0 Å². The van der Waals surface area contributed by atoms with Gasteiger partial charge in [-0.25, -0.2) is 4.68 Å². The summed E-state index contributed by atoms with van der Waals surface area (Å²) in [4.78, 5) is 17.3. The number of aryl methyl sites for hydroxylation is 1. The van der Waals surface area contributed by atoms with Gasteiger partial charge in [0.1, 0.15) is 5.56 Å². The molecule has 0 unspecified atom stereocenters. The average molecular weight is 349 g/mol. The Bertz CT molecular complexity index is 887. The van der Waals surface area contributed by atoms with Gasteiger partial charge in [-0.05, 0) is 38.2 Å². The van der Waals surface area contributed by atoms with Crippen LogP contribution in [-0.4, -0.2) is 63.3 Å². The average Bonchev–Trinajstić information content (AvgIpc) is 3.32. The molecule has 1 amide bonds. The highest BCUT2D eigenvalue weighted by Crippen LogP contribution is 2.22. The van der Waals surface area contributed by atoms with E-state index >= 15 is 0 Å². The number of carbonyl (C=O) groups excluding carboxylic acids is 1. The van der Waals surface area contributed by atoms with Crippen molar-refractivity contribution in [3.63, 3.8) is 0 Å². The highest BCUT2D eigenvalue weighted by atomic mass is 16.2. The molecular formula is C20H23N5O. The fraction of sp³-hybridized carbons (Fsp3) is 0.300. The summed E-state index contributed by atoms with van der Waals surface area (Å²) in [6, 6.07) is 12.1. The largest absolute Gasteiger partial charge is 0.336 e. The Hall–Kier alpha value is -2.86. The molecule has 0 aliphatic carbocycles. The van der Waals surface area contributed by atoms with Crippen molar-refractivity contribution in [3.8, 4) is 11.5 Å². The lowest BCUT2D eigenvalue weighted by Crippen LogP contribution is -2.47. The number of hydrogen-bond acceptors (Lipinski definition) is 3. The van der Waals surface area contributed by atoms with E-state index in [0.717, 1.165) is 37.7 Å². The van der Waals surface area contributed by atoms with Crippen molar-refractivity contribution in [3.05, 3.63) is 66.1 Å². The fourth-order valence-electron chi connectivity index (χ4n) is 3.27. The summed E-state index contributed by atoms with van der Waals surface area (Å²) in [5.74, 6) is 0.822. The van der Waals surface area contributed by atoms with Gasteiger partial charge in [-0.3, -0.25) is 4.79 Å². The van der Waals surface area contributed by atoms with Crippen molar-refractivity contribution in [1.29, 1.82) is 0 Å². The van der Waals surface area contributed by atoms with E-state index in [9.17, 15) is 4.79 Å². The minimum atomic E-state index is 0.0418. The molecule has 6 heteroatoms. The SMILES string of the molecule is Cc1ccc(-n2ncc(C(=O)N3CCN(C)CC3)c2-n2cccc2)cc1. The molecule has 2 aromatic heterocycles. The molecule has 0 atom stereocenters. The third kappa shape index (κ3) is 3.04. The zero-order valence-corrected chi connectivity index (χ0v) is 15.2. The van der Waals surface area contributed by atoms with E-state index in [4.69, 9.17) is 0 Å². The molecule has 0 N–H and O–H groups in total. The van der Waals surface area contributed by atoms with Crippen molar-refractivity contribution in [1.82, 2.24) is 24.1 Å². The molecule has 3 aromatic rings. The molecule has 26 heavy (non-hydrogen) atoms. The summed E-state index contributed by atoms with van der Waals surface area (Å²) in [6.07, 6.45) is 5.58. The van der Waals surface area contributed by atoms with E-state index in [-0.39, 0.29) is 5.91 Å². The van der Waals surface area contributed by atoms with Crippen molar-refractivity contribution in [2.24, 2.45) is 0 Å². The Morgan fingerprint density at radius 1 is 1.00 bits per heavy atom. The number of nitrogens with zero attached hydrogens (tertiary/aromatic N) is 5. The normalized spacial score (nSPS) is 15.4. The summed E-state index contributed by atoms with van der Waals surface area (Å²) in [5.41, 5.74) is 2.76. The van der Waals surface area contributed by atoms with Crippen LogP contribution in [0.15, 0.2) is 55.0 Å². The van der Waals surface area contributed by atoms with E-state index in [1.807, 2.05) is 50.8 Å². The Balaban J connectivity index is 1.76. The maximum Gasteiger partial charge on any atom is 0.259 e. The quantitative estimate of drug-likeness (QED) is 0.729. The maximum atomic E-state index is 13.2. The number of amides is 1. The third-order valence-electron chi connectivity index (χ3n) is 4.89. The summed E-state index contributed by atoms with van der Waals surface area (Å²) in [6.45, 7) is 5.35. The Morgan fingerprint density at radius 2 is 1.65 bits per heavy atom. The van der Waals surface area contributed by atoms with Crippen molar-refractivity contribution >= 4 is 5.91 Å². The Morgan fingerprint density at radius 3 is 2.31 bits per heavy atom. The van der Waals surface area contributed by atoms with Crippen molar-refractivity contribution in [2.75, 3.05) is 33.2 Å². The summed E-state index contributed by atoms with van der Waals surface area (Å²) in [5, 5.41) is 4.54. The lowest BCUT2D eigenvalue weighted by atomic mass is 10.2. The first kappa shape index (κ1) is 16.6. The first-order valence-electron chi connectivity index (χ1n) is 8.90. The van der Waals surface area contributed by atoms with Crippen LogP contribution < -0.4 is 0 Å². The predicted molar refractivity (Wildman–Crippen MR) is 101 cm³/mol. The highest BCUT2D eigenvalue weighted by Gasteiger charge is 2.26. The van der Waals surface area contributed by atoms with E-state index in [1.165, 1.54) is 5.56 Å². The van der Waals surface area contributed by atoms with Crippen LogP contribution in [0.5, 0.6) is 0 Å². The molecule has 1 aliphatic rings. The number of piperazine rings is 1. The molecule has 0 radical (unpaired) electrons. The summed E-state index contributed by atoms with van der Waals surface area (Å²) in [7, 11) is 2.09. The molecule has 1 fully saturated rings. The fourth-order valence-corrected chi connectivity index (χ4v) is 3.27. The van der Waals surface area contributed by atoms with E-state index < -0.39 is 0 Å². The van der Waals surface area contributed by atoms with E-state index in [1.54, 1.807) is 6.20 Å². The van der Waals surface area contributed by atoms with Gasteiger partial charge in [0.05, 0.1) is 11.9 Å². The second-order valence-corrected chi connectivity index (χ2v) is 6.81. The molecule has 1 saturated heterocycles. The van der Waals surface area contributed by atoms with Crippen LogP contribution in [0, 0.1) is 6.92 Å². The zero-order chi connectivity index (χ0) is 18.1. The first-order chi connectivity index (χ1) is 12.6. The molecule has 3 heterocycles. The number of hydrogen-bond donors (Lipinski definition) is 0. The number of aromatic nitrogens is 3. The summed E-state index contributed by atoms with van der Waals surface area (Å²) >= 11 is 0. The number of rotatable bonds is 3. The smallest absolute Gasteiger partial charge is 0.259 e. The van der Waals surface area contributed by atoms with Gasteiger partial charge in [0.15, 0.2) is 5.82 Å². The highest BCUT2D eigenvalue weighted by molar-refractivity contribution is 5.97. The molecule has 6 nitrogen and oxygen atoms in total. The number of carbonyl (C=O) groups is 1. The topological polar surface area (TPSA) is 46.3 Å². The van der Waals surface area contributed by atoms with Crippen LogP contribution in [-0.2, 0) is 0 Å². The van der Waals surface area contributed by atoms with E-state index in [2.05, 4.69) is 36.1 Å². The predicted octanol–water partition coefficient (Wildman–Crippen LogP) is 2.36. The van der Waals surface area contributed by atoms with Crippen molar-refractivity contribution in [2.45, 2.75) is 6.92 Å². The van der Waals surface area contributed by atoms with Gasteiger partial charge in [-0.15, -0.1) is 0 Å². The van der Waals surface area contributed by atoms with Gasteiger partial charge in [0.25, 0.3) is 5.91 Å². The molecule has 4 rings (SSSR count). The third-order valence-corrected chi connectivity index (χ3v) is 4.89. The van der Waals surface area contributed by atoms with Crippen LogP contribution >= 0.6 is 0 Å². The van der Waals surface area contributed by atoms with Gasteiger partial charge in [-0.2, -0.15) is 5.10 Å². The lowest BCUT2D eigenvalue weighted by molar-refractivity contribution is 0.0664. The summed E-state index contributed by atoms with van der Waals surface area (Å²) < 4.78 is 3.79. The minimum Gasteiger partial charge on any atom is -0.336 e. The van der Waals surface area contributed by atoms with Gasteiger partial charge >= 0.3 is 0 Å². The molecule has 134 valence electrons. The molecule has 0 saturated carbocycles. The van der Waals surface area contributed by atoms with Crippen LogP contribution in [0.4, 0.5) is 0 Å². The zero-order valence-electron chi connectivity index (χ0n) is 15.2. The van der Waals surface area contributed by atoms with Gasteiger partial charge in [-0.1, -0.05) is 17.7 Å². The molecule has 1 aliphatic heterocycles. The molecule has 0 spiro atoms. The van der Waals surface area contributed by atoms with Gasteiger partial charge in [0, 0.05) is 38.6 Å². The number of likely N-dealkylation sites (N-methyl/N-ethyl adjacent to an activating group) is 1. The van der Waals surface area contributed by atoms with Crippen LogP contribution in [0.3, 0.4) is 0 Å². The minimum absolute atomic E-state index is 0.0418. The maximum absolute atomic E-state index is 13.2. The van der Waals surface area contributed by atoms with Crippen LogP contribution in [0.25, 0.3) is 11.5 Å². The number of benzene rings is 1. The Kier molecular flexibility index (Phi) is 4.34. The monoisotopic (exact) mass is 349 g/mol. The lowest BCUT2D eigenvalue weighted by Gasteiger charge is -2.32. The molecule has 0 bridgehead atoms. The van der Waals surface area contributed by atoms with Crippen LogP contribution in [0.2, 0.25) is 0 Å². The molecule has 1 aromatic carbocycles. The van der Waals surface area contributed by atoms with E-state index in [0.29, 0.717) is 5.56 Å². The Labute approximate surface area is 153 Å². The first-order valence-corrected chi connectivity index (χ1v) is 8.90. The van der Waals surface area contributed by atoms with Crippen LogP contribution in [0.1, 0.15) is 15.9 Å². The second kappa shape index (κ2) is 6.80. The standard InChI is InChI=1S/C20H23N5O/c1-16-5-7-17(8-6-16)25-19(23-9-3-4-10-23)18(15-21-25)20(26)24-13-11-22(2)12-14-24/h3-10,15H,11-14H2,1-2H3. The second-order valence-electron chi connectivity index (χ2n) is 6.81. The van der Waals surface area contributed by atoms with Crippen molar-refractivity contribution < 1.29 is 4.79 Å².